The van der Waals surface area contributed by atoms with E-state index >= 15 is 0 Å². The Kier molecular flexibility index (Phi) is 6.22. The van der Waals surface area contributed by atoms with E-state index in [0.717, 1.165) is 42.9 Å². The van der Waals surface area contributed by atoms with Crippen LogP contribution >= 0.6 is 0 Å². The van der Waals surface area contributed by atoms with E-state index in [2.05, 4.69) is 16.0 Å². The standard InChI is InChI=1S/C23H25FN2O3/c1-27-21-7-3-2-5-18(21)14-26(15-20-6-4-12-28-20)16-23-25-13-22(29-23)17-8-10-19(24)11-9-17/h2-3,5,7-11,13,20H,4,6,12,14-16H2,1H3. The van der Waals surface area contributed by atoms with E-state index in [-0.39, 0.29) is 11.9 Å². The Morgan fingerprint density at radius 1 is 1.14 bits per heavy atom. The minimum Gasteiger partial charge on any atom is -0.496 e. The lowest BCUT2D eigenvalue weighted by atomic mass is 10.1. The third kappa shape index (κ3) is 5.02. The molecule has 2 heterocycles. The van der Waals surface area contributed by atoms with Crippen LogP contribution in [0.5, 0.6) is 5.75 Å². The van der Waals surface area contributed by atoms with E-state index in [1.165, 1.54) is 12.1 Å². The van der Waals surface area contributed by atoms with Crippen LogP contribution in [0.4, 0.5) is 4.39 Å². The van der Waals surface area contributed by atoms with Crippen LogP contribution in [0.15, 0.2) is 59.1 Å². The molecule has 0 spiro atoms. The first-order chi connectivity index (χ1) is 14.2. The van der Waals surface area contributed by atoms with Gasteiger partial charge in [-0.2, -0.15) is 0 Å². The monoisotopic (exact) mass is 396 g/mol. The highest BCUT2D eigenvalue weighted by atomic mass is 19.1. The molecule has 0 bridgehead atoms. The van der Waals surface area contributed by atoms with E-state index < -0.39 is 0 Å². The van der Waals surface area contributed by atoms with Gasteiger partial charge < -0.3 is 13.9 Å². The number of hydrogen-bond donors (Lipinski definition) is 0. The Labute approximate surface area is 170 Å². The van der Waals surface area contributed by atoms with E-state index in [1.807, 2.05) is 18.2 Å². The van der Waals surface area contributed by atoms with Crippen molar-refractivity contribution >= 4 is 0 Å². The van der Waals surface area contributed by atoms with E-state index in [1.54, 1.807) is 25.4 Å². The maximum Gasteiger partial charge on any atom is 0.209 e. The van der Waals surface area contributed by atoms with Crippen molar-refractivity contribution in [3.8, 4) is 17.1 Å². The van der Waals surface area contributed by atoms with Crippen LogP contribution < -0.4 is 4.74 Å². The third-order valence-electron chi connectivity index (χ3n) is 5.11. The first-order valence-corrected chi connectivity index (χ1v) is 9.88. The summed E-state index contributed by atoms with van der Waals surface area (Å²) in [7, 11) is 1.69. The average molecular weight is 396 g/mol. The first-order valence-electron chi connectivity index (χ1n) is 9.88. The van der Waals surface area contributed by atoms with Gasteiger partial charge in [-0.25, -0.2) is 9.37 Å². The molecule has 0 saturated carbocycles. The Bertz CT molecular complexity index is 920. The van der Waals surface area contributed by atoms with E-state index in [9.17, 15) is 4.39 Å². The van der Waals surface area contributed by atoms with Gasteiger partial charge >= 0.3 is 0 Å². The van der Waals surface area contributed by atoms with Gasteiger partial charge in [0.05, 0.1) is 26.0 Å². The molecule has 1 unspecified atom stereocenters. The molecule has 1 atom stereocenters. The highest BCUT2D eigenvalue weighted by molar-refractivity contribution is 5.55. The van der Waals surface area contributed by atoms with Crippen molar-refractivity contribution in [1.29, 1.82) is 0 Å². The number of methoxy groups -OCH3 is 1. The van der Waals surface area contributed by atoms with Gasteiger partial charge in [0.2, 0.25) is 5.89 Å². The molecule has 0 aliphatic carbocycles. The maximum absolute atomic E-state index is 13.2. The molecule has 1 aliphatic rings. The van der Waals surface area contributed by atoms with Crippen molar-refractivity contribution in [2.45, 2.75) is 32.0 Å². The van der Waals surface area contributed by atoms with Crippen molar-refractivity contribution < 1.29 is 18.3 Å². The molecule has 2 aromatic carbocycles. The van der Waals surface area contributed by atoms with Crippen molar-refractivity contribution in [2.24, 2.45) is 0 Å². The second-order valence-electron chi connectivity index (χ2n) is 7.24. The van der Waals surface area contributed by atoms with Crippen LogP contribution in [-0.2, 0) is 17.8 Å². The van der Waals surface area contributed by atoms with Crippen LogP contribution in [0, 0.1) is 5.82 Å². The average Bonchev–Trinajstić information content (AvgIpc) is 3.41. The highest BCUT2D eigenvalue weighted by Crippen LogP contribution is 2.24. The Morgan fingerprint density at radius 3 is 2.72 bits per heavy atom. The molecule has 1 aliphatic heterocycles. The number of para-hydroxylation sites is 1. The summed E-state index contributed by atoms with van der Waals surface area (Å²) in [6.07, 6.45) is 4.07. The van der Waals surface area contributed by atoms with Gasteiger partial charge in [-0.15, -0.1) is 0 Å². The fraction of sp³-hybridized carbons (Fsp3) is 0.348. The van der Waals surface area contributed by atoms with Gasteiger partial charge in [0.1, 0.15) is 11.6 Å². The number of nitrogens with zero attached hydrogens (tertiary/aromatic N) is 2. The largest absolute Gasteiger partial charge is 0.496 e. The summed E-state index contributed by atoms with van der Waals surface area (Å²) >= 11 is 0. The molecule has 5 nitrogen and oxygen atoms in total. The first kappa shape index (κ1) is 19.6. The fourth-order valence-electron chi connectivity index (χ4n) is 3.66. The molecule has 0 amide bonds. The summed E-state index contributed by atoms with van der Waals surface area (Å²) in [4.78, 5) is 6.71. The molecule has 1 saturated heterocycles. The second kappa shape index (κ2) is 9.20. The molecular weight excluding hydrogens is 371 g/mol. The molecule has 6 heteroatoms. The molecule has 4 rings (SSSR count). The summed E-state index contributed by atoms with van der Waals surface area (Å²) < 4.78 is 30.5. The second-order valence-corrected chi connectivity index (χ2v) is 7.24. The zero-order valence-corrected chi connectivity index (χ0v) is 16.5. The van der Waals surface area contributed by atoms with Crippen LogP contribution in [0.25, 0.3) is 11.3 Å². The molecular formula is C23H25FN2O3. The van der Waals surface area contributed by atoms with Gasteiger partial charge in [-0.1, -0.05) is 18.2 Å². The molecule has 0 N–H and O–H groups in total. The smallest absolute Gasteiger partial charge is 0.209 e. The number of benzene rings is 2. The summed E-state index contributed by atoms with van der Waals surface area (Å²) in [5.41, 5.74) is 1.92. The molecule has 1 aromatic heterocycles. The van der Waals surface area contributed by atoms with Crippen LogP contribution in [0.2, 0.25) is 0 Å². The quantitative estimate of drug-likeness (QED) is 0.554. The van der Waals surface area contributed by atoms with Crippen LogP contribution in [-0.4, -0.2) is 36.2 Å². The number of aromatic nitrogens is 1. The van der Waals surface area contributed by atoms with Crippen molar-refractivity contribution in [1.82, 2.24) is 9.88 Å². The predicted octanol–water partition coefficient (Wildman–Crippen LogP) is 4.67. The van der Waals surface area contributed by atoms with Gasteiger partial charge in [0, 0.05) is 30.8 Å². The molecule has 0 radical (unpaired) electrons. The number of hydrogen-bond acceptors (Lipinski definition) is 5. The van der Waals surface area contributed by atoms with E-state index in [4.69, 9.17) is 13.9 Å². The zero-order valence-electron chi connectivity index (χ0n) is 16.5. The lowest BCUT2D eigenvalue weighted by molar-refractivity contribution is 0.0646. The maximum atomic E-state index is 13.2. The van der Waals surface area contributed by atoms with Crippen molar-refractivity contribution in [3.05, 3.63) is 72.0 Å². The summed E-state index contributed by atoms with van der Waals surface area (Å²) in [5.74, 6) is 1.85. The molecule has 29 heavy (non-hydrogen) atoms. The van der Waals surface area contributed by atoms with Crippen molar-refractivity contribution in [2.75, 3.05) is 20.3 Å². The minimum absolute atomic E-state index is 0.219. The summed E-state index contributed by atoms with van der Waals surface area (Å²) in [6, 6.07) is 14.2. The highest BCUT2D eigenvalue weighted by Gasteiger charge is 2.22. The Hall–Kier alpha value is -2.70. The minimum atomic E-state index is -0.270. The van der Waals surface area contributed by atoms with Crippen LogP contribution in [0.1, 0.15) is 24.3 Å². The third-order valence-corrected chi connectivity index (χ3v) is 5.11. The molecule has 3 aromatic rings. The Morgan fingerprint density at radius 2 is 1.97 bits per heavy atom. The number of halogens is 1. The SMILES string of the molecule is COc1ccccc1CN(Cc1ncc(-c2ccc(F)cc2)o1)CC1CCCO1. The zero-order chi connectivity index (χ0) is 20.1. The number of ether oxygens (including phenoxy) is 2. The van der Waals surface area contributed by atoms with Gasteiger partial charge in [0.25, 0.3) is 0 Å². The van der Waals surface area contributed by atoms with Crippen LogP contribution in [0.3, 0.4) is 0 Å². The lowest BCUT2D eigenvalue weighted by Crippen LogP contribution is -2.31. The number of oxazole rings is 1. The Balaban J connectivity index is 1.51. The predicted molar refractivity (Wildman–Crippen MR) is 108 cm³/mol. The number of rotatable bonds is 8. The van der Waals surface area contributed by atoms with Gasteiger partial charge in [0.15, 0.2) is 5.76 Å². The summed E-state index contributed by atoms with van der Waals surface area (Å²) in [5, 5.41) is 0. The summed E-state index contributed by atoms with van der Waals surface area (Å²) in [6.45, 7) is 2.88. The normalized spacial score (nSPS) is 16.4. The van der Waals surface area contributed by atoms with E-state index in [0.29, 0.717) is 24.7 Å². The van der Waals surface area contributed by atoms with Gasteiger partial charge in [-0.05, 0) is 43.2 Å². The van der Waals surface area contributed by atoms with Crippen molar-refractivity contribution in [3.63, 3.8) is 0 Å². The fourth-order valence-corrected chi connectivity index (χ4v) is 3.66. The molecule has 1 fully saturated rings. The molecule has 152 valence electrons. The van der Waals surface area contributed by atoms with Gasteiger partial charge in [-0.3, -0.25) is 4.90 Å². The lowest BCUT2D eigenvalue weighted by Gasteiger charge is -2.24. The topological polar surface area (TPSA) is 47.7 Å².